The Morgan fingerprint density at radius 3 is 2.50 bits per heavy atom. The zero-order valence-electron chi connectivity index (χ0n) is 11.0. The van der Waals surface area contributed by atoms with E-state index in [0.717, 1.165) is 13.0 Å². The second kappa shape index (κ2) is 4.49. The lowest BCUT2D eigenvalue weighted by molar-refractivity contribution is 0.867. The molecule has 1 N–H and O–H groups in total. The molecule has 1 heterocycles. The number of fused-ring (bicyclic) bond motifs is 1. The van der Waals surface area contributed by atoms with Crippen LogP contribution >= 0.6 is 0 Å². The van der Waals surface area contributed by atoms with Crippen molar-refractivity contribution in [1.82, 2.24) is 0 Å². The van der Waals surface area contributed by atoms with Crippen LogP contribution in [-0.4, -0.2) is 6.54 Å². The Labute approximate surface area is 109 Å². The molecular weight excluding hydrogens is 218 g/mol. The molecule has 0 unspecified atom stereocenters. The summed E-state index contributed by atoms with van der Waals surface area (Å²) in [7, 11) is 0. The molecule has 1 aliphatic heterocycles. The topological polar surface area (TPSA) is 12.0 Å². The van der Waals surface area contributed by atoms with Gasteiger partial charge in [0.1, 0.15) is 0 Å². The predicted octanol–water partition coefficient (Wildman–Crippen LogP) is 4.45. The van der Waals surface area contributed by atoms with E-state index in [1.54, 1.807) is 0 Å². The van der Waals surface area contributed by atoms with Gasteiger partial charge in [0.05, 0.1) is 0 Å². The molecule has 0 aromatic heterocycles. The third kappa shape index (κ3) is 1.90. The van der Waals surface area contributed by atoms with Crippen molar-refractivity contribution < 1.29 is 0 Å². The minimum absolute atomic E-state index is 0.596. The second-order valence-corrected chi connectivity index (χ2v) is 5.29. The van der Waals surface area contributed by atoms with Gasteiger partial charge < -0.3 is 5.32 Å². The van der Waals surface area contributed by atoms with Gasteiger partial charge in [-0.05, 0) is 29.0 Å². The first kappa shape index (κ1) is 11.3. The molecule has 1 aliphatic rings. The average Bonchev–Trinajstić information content (AvgIpc) is 2.87. The molecule has 0 saturated heterocycles. The van der Waals surface area contributed by atoms with Crippen molar-refractivity contribution in [3.8, 4) is 11.1 Å². The van der Waals surface area contributed by atoms with E-state index in [4.69, 9.17) is 0 Å². The molecule has 18 heavy (non-hydrogen) atoms. The number of hydrogen-bond acceptors (Lipinski definition) is 1. The first-order valence-electron chi connectivity index (χ1n) is 6.72. The number of benzene rings is 2. The molecule has 0 spiro atoms. The molecule has 1 heteroatoms. The van der Waals surface area contributed by atoms with Crippen LogP contribution in [0.5, 0.6) is 0 Å². The van der Waals surface area contributed by atoms with E-state index in [1.165, 1.54) is 27.9 Å². The van der Waals surface area contributed by atoms with Crippen molar-refractivity contribution in [2.75, 3.05) is 11.9 Å². The highest BCUT2D eigenvalue weighted by atomic mass is 14.9. The normalized spacial score (nSPS) is 13.5. The van der Waals surface area contributed by atoms with Crippen molar-refractivity contribution in [3.63, 3.8) is 0 Å². The number of rotatable bonds is 2. The van der Waals surface area contributed by atoms with Crippen LogP contribution < -0.4 is 5.32 Å². The number of anilines is 1. The largest absolute Gasteiger partial charge is 0.384 e. The maximum atomic E-state index is 3.50. The second-order valence-electron chi connectivity index (χ2n) is 5.29. The highest BCUT2D eigenvalue weighted by Crippen LogP contribution is 2.34. The summed E-state index contributed by atoms with van der Waals surface area (Å²) in [5.74, 6) is 0.596. The van der Waals surface area contributed by atoms with E-state index in [9.17, 15) is 0 Å². The monoisotopic (exact) mass is 237 g/mol. The van der Waals surface area contributed by atoms with Crippen LogP contribution in [0.4, 0.5) is 5.69 Å². The van der Waals surface area contributed by atoms with Gasteiger partial charge in [-0.2, -0.15) is 0 Å². The van der Waals surface area contributed by atoms with Gasteiger partial charge in [-0.15, -0.1) is 0 Å². The van der Waals surface area contributed by atoms with Gasteiger partial charge in [0.2, 0.25) is 0 Å². The average molecular weight is 237 g/mol. The number of nitrogens with one attached hydrogen (secondary N) is 1. The highest BCUT2D eigenvalue weighted by molar-refractivity contribution is 5.81. The lowest BCUT2D eigenvalue weighted by Crippen LogP contribution is -1.93. The van der Waals surface area contributed by atoms with Crippen molar-refractivity contribution in [1.29, 1.82) is 0 Å². The first-order chi connectivity index (χ1) is 8.75. The van der Waals surface area contributed by atoms with Gasteiger partial charge in [-0.25, -0.2) is 0 Å². The minimum Gasteiger partial charge on any atom is -0.384 e. The molecule has 0 fully saturated rings. The fraction of sp³-hybridized carbons (Fsp3) is 0.294. The van der Waals surface area contributed by atoms with Gasteiger partial charge in [-0.3, -0.25) is 0 Å². The molecule has 0 atom stereocenters. The zero-order valence-corrected chi connectivity index (χ0v) is 11.0. The van der Waals surface area contributed by atoms with Gasteiger partial charge >= 0.3 is 0 Å². The Morgan fingerprint density at radius 1 is 1.00 bits per heavy atom. The summed E-state index contributed by atoms with van der Waals surface area (Å²) >= 11 is 0. The van der Waals surface area contributed by atoms with E-state index in [1.807, 2.05) is 0 Å². The van der Waals surface area contributed by atoms with Gasteiger partial charge in [0.15, 0.2) is 0 Å². The van der Waals surface area contributed by atoms with E-state index < -0.39 is 0 Å². The van der Waals surface area contributed by atoms with Gasteiger partial charge in [-0.1, -0.05) is 56.3 Å². The maximum Gasteiger partial charge on any atom is 0.0453 e. The van der Waals surface area contributed by atoms with Crippen LogP contribution in [0.1, 0.15) is 30.9 Å². The Balaban J connectivity index is 2.03. The minimum atomic E-state index is 0.596. The fourth-order valence-corrected chi connectivity index (χ4v) is 2.63. The summed E-state index contributed by atoms with van der Waals surface area (Å²) in [5.41, 5.74) is 6.82. The molecule has 92 valence electrons. The predicted molar refractivity (Wildman–Crippen MR) is 78.2 cm³/mol. The maximum absolute atomic E-state index is 3.50. The first-order valence-corrected chi connectivity index (χ1v) is 6.72. The smallest absolute Gasteiger partial charge is 0.0453 e. The molecule has 2 aromatic carbocycles. The number of para-hydroxylation sites is 1. The molecule has 0 saturated carbocycles. The standard InChI is InChI=1S/C17H19N/c1-12(2)13-6-8-14(9-7-13)16-5-3-4-15-10-11-18-17(15)16/h3-9,12,18H,10-11H2,1-2H3. The Morgan fingerprint density at radius 2 is 1.78 bits per heavy atom. The molecule has 0 bridgehead atoms. The van der Waals surface area contributed by atoms with Crippen molar-refractivity contribution >= 4 is 5.69 Å². The van der Waals surface area contributed by atoms with E-state index in [0.29, 0.717) is 5.92 Å². The summed E-state index contributed by atoms with van der Waals surface area (Å²) in [6.45, 7) is 5.53. The summed E-state index contributed by atoms with van der Waals surface area (Å²) in [6, 6.07) is 15.6. The summed E-state index contributed by atoms with van der Waals surface area (Å²) < 4.78 is 0. The lowest BCUT2D eigenvalue weighted by atomic mass is 9.97. The Kier molecular flexibility index (Phi) is 2.83. The third-order valence-electron chi connectivity index (χ3n) is 3.74. The van der Waals surface area contributed by atoms with E-state index in [2.05, 4.69) is 61.6 Å². The molecule has 1 nitrogen and oxygen atoms in total. The van der Waals surface area contributed by atoms with Crippen LogP contribution in [0, 0.1) is 0 Å². The lowest BCUT2D eigenvalue weighted by Gasteiger charge is -2.11. The summed E-state index contributed by atoms with van der Waals surface area (Å²) in [5, 5.41) is 3.50. The van der Waals surface area contributed by atoms with Crippen molar-refractivity contribution in [2.45, 2.75) is 26.2 Å². The van der Waals surface area contributed by atoms with E-state index >= 15 is 0 Å². The van der Waals surface area contributed by atoms with E-state index in [-0.39, 0.29) is 0 Å². The van der Waals surface area contributed by atoms with Gasteiger partial charge in [0, 0.05) is 17.8 Å². The van der Waals surface area contributed by atoms with Crippen LogP contribution in [0.3, 0.4) is 0 Å². The molecule has 0 aliphatic carbocycles. The molecule has 2 aromatic rings. The third-order valence-corrected chi connectivity index (χ3v) is 3.74. The Hall–Kier alpha value is -1.76. The van der Waals surface area contributed by atoms with Crippen molar-refractivity contribution in [3.05, 3.63) is 53.6 Å². The molecule has 0 amide bonds. The molecule has 3 rings (SSSR count). The van der Waals surface area contributed by atoms with Gasteiger partial charge in [0.25, 0.3) is 0 Å². The van der Waals surface area contributed by atoms with Crippen LogP contribution in [0.2, 0.25) is 0 Å². The molecular formula is C17H19N. The highest BCUT2D eigenvalue weighted by Gasteiger charge is 2.14. The van der Waals surface area contributed by atoms with Crippen LogP contribution in [-0.2, 0) is 6.42 Å². The quantitative estimate of drug-likeness (QED) is 0.814. The SMILES string of the molecule is CC(C)c1ccc(-c2cccc3c2NCC3)cc1. The van der Waals surface area contributed by atoms with Crippen LogP contribution in [0.15, 0.2) is 42.5 Å². The summed E-state index contributed by atoms with van der Waals surface area (Å²) in [6.07, 6.45) is 1.15. The van der Waals surface area contributed by atoms with Crippen molar-refractivity contribution in [2.24, 2.45) is 0 Å². The molecule has 0 radical (unpaired) electrons. The Bertz CT molecular complexity index is 552. The fourth-order valence-electron chi connectivity index (χ4n) is 2.63. The van der Waals surface area contributed by atoms with Crippen LogP contribution in [0.25, 0.3) is 11.1 Å². The summed E-state index contributed by atoms with van der Waals surface area (Å²) in [4.78, 5) is 0. The number of hydrogen-bond donors (Lipinski definition) is 1. The zero-order chi connectivity index (χ0) is 12.5.